The third kappa shape index (κ3) is 14.9. The molecule has 0 bridgehead atoms. The van der Waals surface area contributed by atoms with Gasteiger partial charge in [0.15, 0.2) is 0 Å². The van der Waals surface area contributed by atoms with Crippen LogP contribution >= 0.6 is 0 Å². The Morgan fingerprint density at radius 2 is 1.37 bits per heavy atom. The van der Waals surface area contributed by atoms with Crippen LogP contribution in [0.2, 0.25) is 12.6 Å². The van der Waals surface area contributed by atoms with Crippen molar-refractivity contribution in [3.8, 4) is 0 Å². The molecule has 0 aliphatic carbocycles. The van der Waals surface area contributed by atoms with Gasteiger partial charge in [-0.1, -0.05) is 41.4 Å². The second-order valence-electron chi connectivity index (χ2n) is 8.85. The van der Waals surface area contributed by atoms with Gasteiger partial charge in [-0.15, -0.1) is 0 Å². The van der Waals surface area contributed by atoms with Gasteiger partial charge in [0, 0.05) is 20.3 Å². The number of hydrogen-bond acceptors (Lipinski definition) is 6. The van der Waals surface area contributed by atoms with Crippen LogP contribution in [0.15, 0.2) is 0 Å². The maximum Gasteiger partial charge on any atom is 0.375 e. The third-order valence-electron chi connectivity index (χ3n) is 5.13. The van der Waals surface area contributed by atoms with Gasteiger partial charge in [0.05, 0.1) is 0 Å². The monoisotopic (exact) mass is 427 g/mol. The van der Waals surface area contributed by atoms with Crippen LogP contribution in [-0.2, 0) is 14.2 Å². The van der Waals surface area contributed by atoms with Crippen LogP contribution < -0.4 is 0 Å². The Labute approximate surface area is 186 Å². The molecule has 0 aromatic heterocycles. The average molecular weight is 427 g/mol. The van der Waals surface area contributed by atoms with Crippen molar-refractivity contribution in [2.45, 2.75) is 86.5 Å². The largest absolute Gasteiger partial charge is 0.535 e. The van der Waals surface area contributed by atoms with Crippen molar-refractivity contribution in [3.63, 3.8) is 0 Å². The van der Waals surface area contributed by atoms with Gasteiger partial charge >= 0.3 is 6.92 Å². The molecule has 2 fully saturated rings. The Hall–Kier alpha value is -1.05. The number of hydrogen-bond donors (Lipinski definition) is 1. The number of carboxylic acid groups (broad SMARTS) is 1. The second-order valence-corrected chi connectivity index (χ2v) is 8.85. The lowest BCUT2D eigenvalue weighted by Crippen LogP contribution is -2.55. The lowest BCUT2D eigenvalue weighted by atomic mass is 9.53. The second kappa shape index (κ2) is 16.6. The molecule has 2 rings (SSSR count). The predicted octanol–water partition coefficient (Wildman–Crippen LogP) is 3.11. The molecule has 30 heavy (non-hydrogen) atoms. The topological polar surface area (TPSA) is 73.3 Å². The fourth-order valence-corrected chi connectivity index (χ4v) is 4.27. The number of nitrogens with zero attached hydrogens (tertiary/aromatic N) is 3. The lowest BCUT2D eigenvalue weighted by Gasteiger charge is -2.40. The van der Waals surface area contributed by atoms with Crippen LogP contribution in [0.4, 0.5) is 0 Å². The molecule has 7 nitrogen and oxygen atoms in total. The zero-order chi connectivity index (χ0) is 22.6. The summed E-state index contributed by atoms with van der Waals surface area (Å²) in [5.41, 5.74) is 0. The van der Waals surface area contributed by atoms with E-state index in [1.807, 2.05) is 0 Å². The molecule has 2 aliphatic rings. The van der Waals surface area contributed by atoms with E-state index in [0.717, 1.165) is 39.5 Å². The third-order valence-corrected chi connectivity index (χ3v) is 5.13. The SMILES string of the molecule is C.CC(=O)O.CC(=O)OB1CCCN(C)C1.CC(C)N(B1CCCN(C)C1)C(C)C. The maximum absolute atomic E-state index is 10.6. The zero-order valence-corrected chi connectivity index (χ0v) is 20.0. The van der Waals surface area contributed by atoms with Gasteiger partial charge in [-0.05, 0) is 64.9 Å². The first-order valence-corrected chi connectivity index (χ1v) is 10.9. The fraction of sp³-hybridized carbons (Fsp3) is 0.905. The van der Waals surface area contributed by atoms with Gasteiger partial charge in [-0.3, -0.25) is 9.59 Å². The molecule has 0 radical (unpaired) electrons. The van der Waals surface area contributed by atoms with Crippen molar-refractivity contribution >= 4 is 25.7 Å². The molecule has 176 valence electrons. The highest BCUT2D eigenvalue weighted by atomic mass is 16.5. The summed E-state index contributed by atoms with van der Waals surface area (Å²) in [6.07, 6.45) is 7.02. The number of carboxylic acids is 1. The summed E-state index contributed by atoms with van der Waals surface area (Å²) in [4.78, 5) is 26.9. The van der Waals surface area contributed by atoms with E-state index < -0.39 is 5.97 Å². The van der Waals surface area contributed by atoms with E-state index in [2.05, 4.69) is 56.4 Å². The van der Waals surface area contributed by atoms with E-state index in [-0.39, 0.29) is 20.3 Å². The Morgan fingerprint density at radius 1 is 0.933 bits per heavy atom. The van der Waals surface area contributed by atoms with Crippen molar-refractivity contribution < 1.29 is 19.3 Å². The number of carbonyl (C=O) groups is 2. The molecular formula is C21H47B2N3O4. The molecular weight excluding hydrogens is 380 g/mol. The standard InChI is InChI=1S/C11H25BN2.C7H14BNO2.C2H4O2.CH4/c1-10(2)14(11(3)4)12-7-6-8-13(5)9-12;1-7(10)11-8-4-3-5-9(2)6-8;1-2(3)4;/h10-11H,6-9H2,1-5H3;3-6H2,1-2H3;1H3,(H,3,4);1H4. The summed E-state index contributed by atoms with van der Waals surface area (Å²) >= 11 is 0. The molecule has 2 aliphatic heterocycles. The maximum atomic E-state index is 10.6. The van der Waals surface area contributed by atoms with Crippen LogP contribution in [0.5, 0.6) is 0 Å². The van der Waals surface area contributed by atoms with Crippen LogP contribution in [0.1, 0.15) is 61.8 Å². The summed E-state index contributed by atoms with van der Waals surface area (Å²) in [7, 11) is 4.29. The minimum Gasteiger partial charge on any atom is -0.535 e. The Balaban J connectivity index is 0. The predicted molar refractivity (Wildman–Crippen MR) is 129 cm³/mol. The molecule has 0 unspecified atom stereocenters. The fourth-order valence-electron chi connectivity index (χ4n) is 4.27. The number of rotatable bonds is 4. The van der Waals surface area contributed by atoms with Crippen LogP contribution in [0.3, 0.4) is 0 Å². The first kappa shape index (κ1) is 31.1. The van der Waals surface area contributed by atoms with Gasteiger partial charge in [-0.25, -0.2) is 0 Å². The van der Waals surface area contributed by atoms with Crippen molar-refractivity contribution in [1.82, 2.24) is 14.6 Å². The van der Waals surface area contributed by atoms with Gasteiger partial charge in [-0.2, -0.15) is 0 Å². The van der Waals surface area contributed by atoms with Crippen molar-refractivity contribution in [3.05, 3.63) is 0 Å². The smallest absolute Gasteiger partial charge is 0.375 e. The van der Waals surface area contributed by atoms with Gasteiger partial charge in [0.25, 0.3) is 11.9 Å². The quantitative estimate of drug-likeness (QED) is 0.692. The highest BCUT2D eigenvalue weighted by molar-refractivity contribution is 6.56. The molecule has 0 aromatic rings. The molecule has 1 N–H and O–H groups in total. The van der Waals surface area contributed by atoms with E-state index >= 15 is 0 Å². The van der Waals surface area contributed by atoms with Crippen LogP contribution in [0, 0.1) is 0 Å². The first-order chi connectivity index (χ1) is 13.4. The highest BCUT2D eigenvalue weighted by Crippen LogP contribution is 2.17. The molecule has 0 aromatic carbocycles. The first-order valence-electron chi connectivity index (χ1n) is 10.9. The molecule has 2 heterocycles. The van der Waals surface area contributed by atoms with E-state index in [0.29, 0.717) is 12.1 Å². The summed E-state index contributed by atoms with van der Waals surface area (Å²) in [5, 5.41) is 7.42. The Morgan fingerprint density at radius 3 is 1.73 bits per heavy atom. The van der Waals surface area contributed by atoms with E-state index in [9.17, 15) is 4.79 Å². The van der Waals surface area contributed by atoms with E-state index in [1.165, 1.54) is 32.7 Å². The van der Waals surface area contributed by atoms with E-state index in [4.69, 9.17) is 14.6 Å². The Bertz CT molecular complexity index is 469. The van der Waals surface area contributed by atoms with Gasteiger partial charge in [0.1, 0.15) is 0 Å². The summed E-state index contributed by atoms with van der Waals surface area (Å²) in [5.74, 6) is -0.995. The summed E-state index contributed by atoms with van der Waals surface area (Å²) in [6.45, 7) is 15.1. The molecule has 2 saturated heterocycles. The van der Waals surface area contributed by atoms with Crippen molar-refractivity contribution in [2.24, 2.45) is 0 Å². The normalized spacial score (nSPS) is 17.6. The summed E-state index contributed by atoms with van der Waals surface area (Å²) in [6, 6.07) is 1.35. The molecule has 0 saturated carbocycles. The summed E-state index contributed by atoms with van der Waals surface area (Å²) < 4.78 is 5.08. The van der Waals surface area contributed by atoms with Crippen LogP contribution in [-0.4, -0.2) is 97.6 Å². The lowest BCUT2D eigenvalue weighted by molar-refractivity contribution is -0.134. The molecule has 0 atom stereocenters. The van der Waals surface area contributed by atoms with Crippen molar-refractivity contribution in [2.75, 3.05) is 40.1 Å². The van der Waals surface area contributed by atoms with Gasteiger partial charge < -0.3 is 24.4 Å². The van der Waals surface area contributed by atoms with Crippen molar-refractivity contribution in [1.29, 1.82) is 0 Å². The average Bonchev–Trinajstić information content (AvgIpc) is 2.53. The number of aliphatic carboxylic acids is 1. The minimum atomic E-state index is -0.833. The van der Waals surface area contributed by atoms with E-state index in [1.54, 1.807) is 0 Å². The molecule has 9 heteroatoms. The highest BCUT2D eigenvalue weighted by Gasteiger charge is 2.30. The zero-order valence-electron chi connectivity index (χ0n) is 20.0. The number of carbonyl (C=O) groups excluding carboxylic acids is 1. The Kier molecular flexibility index (Phi) is 17.2. The molecule has 0 spiro atoms. The van der Waals surface area contributed by atoms with Crippen LogP contribution in [0.25, 0.3) is 0 Å². The molecule has 0 amide bonds. The minimum absolute atomic E-state index is 0. The van der Waals surface area contributed by atoms with Gasteiger partial charge in [0.2, 0.25) is 6.85 Å².